The molecule has 0 bridgehead atoms. The number of nitrogens with zero attached hydrogens (tertiary/aromatic N) is 1. The number of hydrogen-bond donors (Lipinski definition) is 4. The van der Waals surface area contributed by atoms with Crippen LogP contribution in [0.25, 0.3) is 0 Å². The van der Waals surface area contributed by atoms with Gasteiger partial charge in [0.15, 0.2) is 6.29 Å². The lowest BCUT2D eigenvalue weighted by atomic mass is 9.98. The summed E-state index contributed by atoms with van der Waals surface area (Å²) in [5.74, 6) is 0. The van der Waals surface area contributed by atoms with Gasteiger partial charge in [0.25, 0.3) is 0 Å². The monoisotopic (exact) mass is 321 g/mol. The van der Waals surface area contributed by atoms with Crippen LogP contribution in [-0.2, 0) is 29.8 Å². The maximum Gasteiger partial charge on any atom is 0.397 e. The lowest BCUT2D eigenvalue weighted by Crippen LogP contribution is -2.58. The molecular formula is C6H11NO10S2. The molecule has 1 saturated heterocycles. The van der Waals surface area contributed by atoms with Gasteiger partial charge in [-0.2, -0.15) is 21.2 Å². The van der Waals surface area contributed by atoms with Gasteiger partial charge in [-0.15, -0.1) is 0 Å². The molecule has 0 aliphatic carbocycles. The quantitative estimate of drug-likeness (QED) is 0.382. The third-order valence-electron chi connectivity index (χ3n) is 2.28. The van der Waals surface area contributed by atoms with E-state index in [9.17, 15) is 32.2 Å². The highest BCUT2D eigenvalue weighted by Crippen LogP contribution is 2.22. The Morgan fingerprint density at radius 1 is 1.21 bits per heavy atom. The first-order valence-electron chi connectivity index (χ1n) is 4.73. The average molecular weight is 321 g/mol. The van der Waals surface area contributed by atoms with E-state index in [1.165, 1.54) is 0 Å². The second-order valence-corrected chi connectivity index (χ2v) is 5.31. The van der Waals surface area contributed by atoms with E-state index < -0.39 is 58.2 Å². The van der Waals surface area contributed by atoms with Gasteiger partial charge in [0.2, 0.25) is 0 Å². The lowest BCUT2D eigenvalue weighted by molar-refractivity contribution is -0.246. The zero-order valence-corrected chi connectivity index (χ0v) is 10.7. The Morgan fingerprint density at radius 2 is 1.79 bits per heavy atom. The zero-order chi connectivity index (χ0) is 14.8. The lowest BCUT2D eigenvalue weighted by Gasteiger charge is -2.37. The fourth-order valence-electron chi connectivity index (χ4n) is 1.44. The Labute approximate surface area is 109 Å². The molecule has 1 aliphatic rings. The summed E-state index contributed by atoms with van der Waals surface area (Å²) >= 11 is 0. The minimum Gasteiger partial charge on any atom is -0.388 e. The third-order valence-corrected chi connectivity index (χ3v) is 3.13. The molecule has 1 aliphatic heterocycles. The number of ether oxygens (including phenoxy) is 1. The molecule has 11 nitrogen and oxygen atoms in total. The van der Waals surface area contributed by atoms with Gasteiger partial charge in [0, 0.05) is 0 Å². The van der Waals surface area contributed by atoms with Gasteiger partial charge in [0.05, 0.1) is 6.61 Å². The molecule has 0 radical (unpaired) electrons. The molecule has 4 N–H and O–H groups in total. The number of aliphatic hydroxyl groups is 3. The van der Waals surface area contributed by atoms with Gasteiger partial charge in [-0.25, -0.2) is 4.18 Å². The van der Waals surface area contributed by atoms with Crippen LogP contribution < -0.4 is 0 Å². The minimum absolute atomic E-state index is 0.888. The molecule has 0 aromatic rings. The molecular weight excluding hydrogens is 310 g/mol. The van der Waals surface area contributed by atoms with E-state index in [2.05, 4.69) is 13.3 Å². The van der Waals surface area contributed by atoms with Crippen molar-refractivity contribution in [3.8, 4) is 0 Å². The van der Waals surface area contributed by atoms with Crippen molar-refractivity contribution in [1.82, 2.24) is 0 Å². The third kappa shape index (κ3) is 4.73. The van der Waals surface area contributed by atoms with Crippen LogP contribution in [-0.4, -0.2) is 74.0 Å². The largest absolute Gasteiger partial charge is 0.397 e. The van der Waals surface area contributed by atoms with Crippen LogP contribution in [0.1, 0.15) is 0 Å². The van der Waals surface area contributed by atoms with E-state index in [4.69, 9.17) is 4.55 Å². The summed E-state index contributed by atoms with van der Waals surface area (Å²) in [6, 6.07) is -1.66. The molecule has 0 aromatic heterocycles. The molecule has 112 valence electrons. The normalized spacial score (nSPS) is 35.9. The second-order valence-electron chi connectivity index (χ2n) is 3.57. The predicted octanol–water partition coefficient (Wildman–Crippen LogP) is -3.32. The Hall–Kier alpha value is -0.670. The minimum atomic E-state index is -4.79. The molecule has 0 amide bonds. The van der Waals surface area contributed by atoms with Crippen molar-refractivity contribution in [1.29, 1.82) is 0 Å². The van der Waals surface area contributed by atoms with Gasteiger partial charge in [-0.05, 0) is 0 Å². The number of rotatable bonds is 4. The number of hydrogen-bond acceptors (Lipinski definition) is 10. The number of aliphatic hydroxyl groups excluding tert-OH is 3. The van der Waals surface area contributed by atoms with E-state index in [1.54, 1.807) is 0 Å². The summed E-state index contributed by atoms with van der Waals surface area (Å²) in [7, 11) is -7.74. The topological polar surface area (TPSA) is 180 Å². The van der Waals surface area contributed by atoms with Crippen LogP contribution in [0.2, 0.25) is 0 Å². The molecule has 5 atom stereocenters. The first kappa shape index (κ1) is 16.4. The Morgan fingerprint density at radius 3 is 2.26 bits per heavy atom. The fourth-order valence-corrected chi connectivity index (χ4v) is 2.17. The Balaban J connectivity index is 2.80. The van der Waals surface area contributed by atoms with Crippen molar-refractivity contribution in [2.24, 2.45) is 4.36 Å². The van der Waals surface area contributed by atoms with E-state index in [0.29, 0.717) is 0 Å². The maximum atomic E-state index is 10.3. The van der Waals surface area contributed by atoms with Crippen molar-refractivity contribution in [3.05, 3.63) is 0 Å². The first-order valence-corrected chi connectivity index (χ1v) is 7.13. The van der Waals surface area contributed by atoms with Crippen molar-refractivity contribution in [3.63, 3.8) is 0 Å². The summed E-state index contributed by atoms with van der Waals surface area (Å²) in [6.45, 7) is -0.888. The van der Waals surface area contributed by atoms with Crippen LogP contribution in [0.15, 0.2) is 4.36 Å². The molecule has 1 rings (SSSR count). The van der Waals surface area contributed by atoms with Crippen LogP contribution >= 0.6 is 0 Å². The summed E-state index contributed by atoms with van der Waals surface area (Å²) in [5.41, 5.74) is 0. The predicted molar refractivity (Wildman–Crippen MR) is 55.5 cm³/mol. The average Bonchev–Trinajstić information content (AvgIpc) is 2.26. The van der Waals surface area contributed by atoms with Crippen LogP contribution in [0.5, 0.6) is 0 Å². The van der Waals surface area contributed by atoms with E-state index in [-0.39, 0.29) is 0 Å². The van der Waals surface area contributed by atoms with Crippen LogP contribution in [0.4, 0.5) is 0 Å². The van der Waals surface area contributed by atoms with Gasteiger partial charge in [-0.3, -0.25) is 4.55 Å². The highest BCUT2D eigenvalue weighted by molar-refractivity contribution is 7.80. The smallest absolute Gasteiger partial charge is 0.388 e. The summed E-state index contributed by atoms with van der Waals surface area (Å²) in [4.78, 5) is 0. The van der Waals surface area contributed by atoms with E-state index >= 15 is 0 Å². The van der Waals surface area contributed by atoms with E-state index in [1.807, 2.05) is 0 Å². The Bertz CT molecular complexity index is 532. The summed E-state index contributed by atoms with van der Waals surface area (Å²) in [5, 5.41) is 28.4. The van der Waals surface area contributed by atoms with Crippen molar-refractivity contribution < 1.29 is 45.6 Å². The molecule has 0 aromatic carbocycles. The van der Waals surface area contributed by atoms with Crippen molar-refractivity contribution in [2.75, 3.05) is 6.61 Å². The molecule has 1 fully saturated rings. The standard InChI is InChI=1S/C6H11NO10S2/c8-4-2(1-16-19(13,14)15)17-6(10)3(5(4)9)7-18(11)12/h2-6,8-10H,1H2,(H,13,14,15)/t2-,3-,4-,5-,6?/m1/s1. The first-order chi connectivity index (χ1) is 8.61. The van der Waals surface area contributed by atoms with Gasteiger partial charge in [-0.1, -0.05) is 0 Å². The second kappa shape index (κ2) is 6.19. The van der Waals surface area contributed by atoms with Gasteiger partial charge >= 0.3 is 20.9 Å². The van der Waals surface area contributed by atoms with Crippen molar-refractivity contribution >= 4 is 20.9 Å². The van der Waals surface area contributed by atoms with Gasteiger partial charge < -0.3 is 20.1 Å². The highest BCUT2D eigenvalue weighted by Gasteiger charge is 2.44. The molecule has 19 heavy (non-hydrogen) atoms. The summed E-state index contributed by atoms with van der Waals surface area (Å²) < 4.78 is 61.1. The Kier molecular flexibility index (Phi) is 5.34. The molecule has 0 saturated carbocycles. The van der Waals surface area contributed by atoms with Crippen LogP contribution in [0, 0.1) is 0 Å². The summed E-state index contributed by atoms with van der Waals surface area (Å²) in [6.07, 6.45) is -7.00. The maximum absolute atomic E-state index is 10.3. The van der Waals surface area contributed by atoms with E-state index in [0.717, 1.165) is 0 Å². The van der Waals surface area contributed by atoms with Crippen molar-refractivity contribution in [2.45, 2.75) is 30.6 Å². The molecule has 1 heterocycles. The molecule has 13 heteroatoms. The zero-order valence-electron chi connectivity index (χ0n) is 9.10. The fraction of sp³-hybridized carbons (Fsp3) is 1.00. The highest BCUT2D eigenvalue weighted by atomic mass is 32.3. The SMILES string of the molecule is O=S(=O)=N[C@H]1C(O)O[C@H](COS(=O)(=O)O)[C@@H](O)[C@@H]1O. The van der Waals surface area contributed by atoms with Gasteiger partial charge in [0.1, 0.15) is 24.4 Å². The van der Waals surface area contributed by atoms with Crippen LogP contribution in [0.3, 0.4) is 0 Å². The molecule has 0 spiro atoms. The molecule has 1 unspecified atom stereocenters.